The molecule has 94 valence electrons. The van der Waals surface area contributed by atoms with E-state index in [9.17, 15) is 0 Å². The molecule has 0 atom stereocenters. The Balaban J connectivity index is 1.98. The molecule has 3 rings (SSSR count). The average Bonchev–Trinajstić information content (AvgIpc) is 2.80. The molecular weight excluding hydrogens is 230 g/mol. The van der Waals surface area contributed by atoms with Gasteiger partial charge in [0.1, 0.15) is 23.8 Å². The maximum Gasteiger partial charge on any atom is 0.152 e. The molecular formula is C11H15N7. The fourth-order valence-corrected chi connectivity index (χ4v) is 2.19. The van der Waals surface area contributed by atoms with Gasteiger partial charge in [0, 0.05) is 18.7 Å². The van der Waals surface area contributed by atoms with Crippen molar-refractivity contribution in [1.29, 1.82) is 0 Å². The lowest BCUT2D eigenvalue weighted by Gasteiger charge is -2.29. The Bertz CT molecular complexity index is 589. The largest absolute Gasteiger partial charge is 0.383 e. The zero-order valence-corrected chi connectivity index (χ0v) is 10.5. The summed E-state index contributed by atoms with van der Waals surface area (Å²) >= 11 is 0. The van der Waals surface area contributed by atoms with E-state index in [-0.39, 0.29) is 0 Å². The highest BCUT2D eigenvalue weighted by molar-refractivity contribution is 5.56. The minimum Gasteiger partial charge on any atom is -0.383 e. The molecule has 0 saturated carbocycles. The number of fused-ring (bicyclic) bond motifs is 1. The summed E-state index contributed by atoms with van der Waals surface area (Å²) in [6.07, 6.45) is 1.76. The van der Waals surface area contributed by atoms with Crippen LogP contribution in [0.5, 0.6) is 0 Å². The first-order chi connectivity index (χ1) is 8.65. The van der Waals surface area contributed by atoms with Gasteiger partial charge in [-0.2, -0.15) is 0 Å². The van der Waals surface area contributed by atoms with E-state index in [0.29, 0.717) is 18.2 Å². The van der Waals surface area contributed by atoms with Gasteiger partial charge in [-0.15, -0.1) is 10.2 Å². The molecule has 18 heavy (non-hydrogen) atoms. The average molecular weight is 245 g/mol. The van der Waals surface area contributed by atoms with Gasteiger partial charge in [-0.05, 0) is 13.8 Å². The molecule has 2 N–H and O–H groups in total. The smallest absolute Gasteiger partial charge is 0.152 e. The molecule has 0 saturated heterocycles. The molecule has 3 heterocycles. The number of rotatable bonds is 1. The molecule has 0 aliphatic carbocycles. The molecule has 0 amide bonds. The molecule has 0 aromatic carbocycles. The normalized spacial score (nSPS) is 14.7. The van der Waals surface area contributed by atoms with E-state index in [1.54, 1.807) is 6.33 Å². The molecule has 2 aromatic rings. The molecule has 2 aromatic heterocycles. The molecule has 1 aliphatic rings. The summed E-state index contributed by atoms with van der Waals surface area (Å²) in [5, 5.41) is 8.02. The fraction of sp³-hybridized carbons (Fsp3) is 0.455. The summed E-state index contributed by atoms with van der Waals surface area (Å²) in [7, 11) is 0. The Hall–Kier alpha value is -2.18. The van der Waals surface area contributed by atoms with Crippen LogP contribution in [0.15, 0.2) is 6.33 Å². The van der Waals surface area contributed by atoms with Crippen LogP contribution in [0.3, 0.4) is 0 Å². The van der Waals surface area contributed by atoms with Crippen molar-refractivity contribution in [1.82, 2.24) is 24.7 Å². The first-order valence-electron chi connectivity index (χ1n) is 5.87. The lowest BCUT2D eigenvalue weighted by Crippen LogP contribution is -2.35. The third-order valence-corrected chi connectivity index (χ3v) is 3.21. The van der Waals surface area contributed by atoms with Gasteiger partial charge in [0.25, 0.3) is 0 Å². The van der Waals surface area contributed by atoms with Crippen molar-refractivity contribution in [3.8, 4) is 0 Å². The van der Waals surface area contributed by atoms with Crippen molar-refractivity contribution >= 4 is 11.6 Å². The number of aromatic nitrogens is 5. The van der Waals surface area contributed by atoms with Crippen LogP contribution in [0.2, 0.25) is 0 Å². The third-order valence-electron chi connectivity index (χ3n) is 3.21. The van der Waals surface area contributed by atoms with Crippen molar-refractivity contribution < 1.29 is 0 Å². The Labute approximate surface area is 105 Å². The van der Waals surface area contributed by atoms with Crippen molar-refractivity contribution in [2.24, 2.45) is 0 Å². The number of anilines is 2. The topological polar surface area (TPSA) is 85.8 Å². The second-order valence-corrected chi connectivity index (χ2v) is 4.47. The lowest BCUT2D eigenvalue weighted by atomic mass is 10.2. The van der Waals surface area contributed by atoms with Crippen LogP contribution in [0.4, 0.5) is 11.6 Å². The molecule has 7 nitrogen and oxygen atoms in total. The fourth-order valence-electron chi connectivity index (χ4n) is 2.19. The summed E-state index contributed by atoms with van der Waals surface area (Å²) in [4.78, 5) is 10.8. The summed E-state index contributed by atoms with van der Waals surface area (Å²) in [5.41, 5.74) is 6.82. The molecule has 1 aliphatic heterocycles. The Kier molecular flexibility index (Phi) is 2.39. The van der Waals surface area contributed by atoms with Gasteiger partial charge in [0.05, 0.1) is 6.54 Å². The predicted molar refractivity (Wildman–Crippen MR) is 67.0 cm³/mol. The van der Waals surface area contributed by atoms with Gasteiger partial charge in [-0.3, -0.25) is 0 Å². The summed E-state index contributed by atoms with van der Waals surface area (Å²) < 4.78 is 2.06. The van der Waals surface area contributed by atoms with Crippen LogP contribution in [-0.4, -0.2) is 31.3 Å². The standard InChI is InChI=1S/C11H15N7/c1-7-10(12)14-8(2)15-11(7)17-3-4-18-6-13-16-9(18)5-17/h6H,3-5H2,1-2H3,(H2,12,14,15). The molecule has 0 radical (unpaired) electrons. The van der Waals surface area contributed by atoms with Gasteiger partial charge < -0.3 is 15.2 Å². The van der Waals surface area contributed by atoms with Crippen molar-refractivity contribution in [3.63, 3.8) is 0 Å². The van der Waals surface area contributed by atoms with Crippen LogP contribution < -0.4 is 10.6 Å². The van der Waals surface area contributed by atoms with Crippen molar-refractivity contribution in [3.05, 3.63) is 23.5 Å². The van der Waals surface area contributed by atoms with Crippen LogP contribution in [-0.2, 0) is 13.1 Å². The van der Waals surface area contributed by atoms with E-state index in [0.717, 1.165) is 30.3 Å². The summed E-state index contributed by atoms with van der Waals surface area (Å²) in [6, 6.07) is 0. The van der Waals surface area contributed by atoms with Gasteiger partial charge in [-0.25, -0.2) is 9.97 Å². The highest BCUT2D eigenvalue weighted by Crippen LogP contribution is 2.24. The van der Waals surface area contributed by atoms with E-state index in [1.807, 2.05) is 13.8 Å². The summed E-state index contributed by atoms with van der Waals surface area (Å²) in [6.45, 7) is 6.25. The second kappa shape index (κ2) is 3.94. The minimum atomic E-state index is 0.546. The monoisotopic (exact) mass is 245 g/mol. The first kappa shape index (κ1) is 10.9. The number of nitrogens with zero attached hydrogens (tertiary/aromatic N) is 6. The van der Waals surface area contributed by atoms with E-state index in [4.69, 9.17) is 5.73 Å². The molecule has 0 bridgehead atoms. The quantitative estimate of drug-likeness (QED) is 0.777. The number of hydrogen-bond acceptors (Lipinski definition) is 6. The maximum absolute atomic E-state index is 5.89. The SMILES string of the molecule is Cc1nc(N)c(C)c(N2CCn3cnnc3C2)n1. The van der Waals surface area contributed by atoms with E-state index in [2.05, 4.69) is 29.6 Å². The first-order valence-corrected chi connectivity index (χ1v) is 5.87. The molecule has 0 unspecified atom stereocenters. The maximum atomic E-state index is 5.89. The Morgan fingerprint density at radius 3 is 2.89 bits per heavy atom. The van der Waals surface area contributed by atoms with Crippen LogP contribution >= 0.6 is 0 Å². The van der Waals surface area contributed by atoms with E-state index in [1.165, 1.54) is 0 Å². The Morgan fingerprint density at radius 1 is 1.22 bits per heavy atom. The van der Waals surface area contributed by atoms with E-state index >= 15 is 0 Å². The van der Waals surface area contributed by atoms with Crippen LogP contribution in [0.1, 0.15) is 17.2 Å². The second-order valence-electron chi connectivity index (χ2n) is 4.47. The molecule has 0 spiro atoms. The zero-order valence-electron chi connectivity index (χ0n) is 10.5. The summed E-state index contributed by atoms with van der Waals surface area (Å²) in [5.74, 6) is 3.09. The lowest BCUT2D eigenvalue weighted by molar-refractivity contribution is 0.554. The molecule has 7 heteroatoms. The van der Waals surface area contributed by atoms with Crippen molar-refractivity contribution in [2.75, 3.05) is 17.2 Å². The van der Waals surface area contributed by atoms with Crippen molar-refractivity contribution in [2.45, 2.75) is 26.9 Å². The van der Waals surface area contributed by atoms with Crippen LogP contribution in [0.25, 0.3) is 0 Å². The van der Waals surface area contributed by atoms with Gasteiger partial charge in [0.15, 0.2) is 5.82 Å². The molecule has 0 fully saturated rings. The van der Waals surface area contributed by atoms with Gasteiger partial charge >= 0.3 is 0 Å². The van der Waals surface area contributed by atoms with E-state index < -0.39 is 0 Å². The minimum absolute atomic E-state index is 0.546. The number of nitrogens with two attached hydrogens (primary N) is 1. The zero-order chi connectivity index (χ0) is 12.7. The van der Waals surface area contributed by atoms with Gasteiger partial charge in [0.2, 0.25) is 0 Å². The third kappa shape index (κ3) is 1.68. The highest BCUT2D eigenvalue weighted by atomic mass is 15.3. The van der Waals surface area contributed by atoms with Crippen LogP contribution in [0, 0.1) is 13.8 Å². The number of nitrogen functional groups attached to an aromatic ring is 1. The Morgan fingerprint density at radius 2 is 2.06 bits per heavy atom. The number of aryl methyl sites for hydroxylation is 1. The highest BCUT2D eigenvalue weighted by Gasteiger charge is 2.21. The van der Waals surface area contributed by atoms with Gasteiger partial charge in [-0.1, -0.05) is 0 Å². The number of hydrogen-bond donors (Lipinski definition) is 1. The predicted octanol–water partition coefficient (Wildman–Crippen LogP) is 0.287.